The molecule has 0 aromatic heterocycles. The SMILES string of the molecule is COC(=O)[C@H](Cc1ccccc1)NC(=O)Cc1cc(C)ccc1OC. The zero-order chi connectivity index (χ0) is 18.2. The number of carbonyl (C=O) groups is 2. The van der Waals surface area contributed by atoms with E-state index in [1.165, 1.54) is 7.11 Å². The number of benzene rings is 2. The predicted octanol–water partition coefficient (Wildman–Crippen LogP) is 2.45. The highest BCUT2D eigenvalue weighted by atomic mass is 16.5. The first-order valence-electron chi connectivity index (χ1n) is 8.08. The van der Waals surface area contributed by atoms with Crippen molar-refractivity contribution in [2.24, 2.45) is 0 Å². The van der Waals surface area contributed by atoms with Gasteiger partial charge in [-0.3, -0.25) is 4.79 Å². The second-order valence-corrected chi connectivity index (χ2v) is 5.83. The predicted molar refractivity (Wildman–Crippen MR) is 95.5 cm³/mol. The summed E-state index contributed by atoms with van der Waals surface area (Å²) in [6.45, 7) is 1.95. The van der Waals surface area contributed by atoms with Crippen molar-refractivity contribution < 1.29 is 19.1 Å². The Morgan fingerprint density at radius 1 is 1.08 bits per heavy atom. The van der Waals surface area contributed by atoms with Gasteiger partial charge in [0.2, 0.25) is 5.91 Å². The number of esters is 1. The Morgan fingerprint density at radius 3 is 2.44 bits per heavy atom. The molecule has 1 N–H and O–H groups in total. The largest absolute Gasteiger partial charge is 0.496 e. The van der Waals surface area contributed by atoms with Gasteiger partial charge < -0.3 is 14.8 Å². The van der Waals surface area contributed by atoms with Crippen LogP contribution in [-0.4, -0.2) is 32.1 Å². The van der Waals surface area contributed by atoms with Crippen LogP contribution >= 0.6 is 0 Å². The molecule has 0 saturated carbocycles. The summed E-state index contributed by atoms with van der Waals surface area (Å²) in [6.07, 6.45) is 0.511. The topological polar surface area (TPSA) is 64.6 Å². The first kappa shape index (κ1) is 18.5. The van der Waals surface area contributed by atoms with E-state index in [2.05, 4.69) is 5.32 Å². The molecule has 132 valence electrons. The molecule has 0 spiro atoms. The molecule has 0 heterocycles. The average Bonchev–Trinajstić information content (AvgIpc) is 2.61. The number of aryl methyl sites for hydroxylation is 1. The van der Waals surface area contributed by atoms with Crippen molar-refractivity contribution in [1.82, 2.24) is 5.32 Å². The zero-order valence-electron chi connectivity index (χ0n) is 14.7. The summed E-state index contributed by atoms with van der Waals surface area (Å²) in [4.78, 5) is 24.5. The molecule has 0 radical (unpaired) electrons. The lowest BCUT2D eigenvalue weighted by Gasteiger charge is -2.17. The molecular weight excluding hydrogens is 318 g/mol. The summed E-state index contributed by atoms with van der Waals surface area (Å²) in [5.74, 6) is -0.0675. The fraction of sp³-hybridized carbons (Fsp3) is 0.300. The van der Waals surface area contributed by atoms with Gasteiger partial charge >= 0.3 is 5.97 Å². The van der Waals surface area contributed by atoms with E-state index in [0.29, 0.717) is 12.2 Å². The summed E-state index contributed by atoms with van der Waals surface area (Å²) in [7, 11) is 2.88. The highest BCUT2D eigenvalue weighted by Gasteiger charge is 2.22. The van der Waals surface area contributed by atoms with Crippen molar-refractivity contribution in [3.05, 3.63) is 65.2 Å². The molecule has 0 aliphatic rings. The Hall–Kier alpha value is -2.82. The fourth-order valence-corrected chi connectivity index (χ4v) is 2.65. The van der Waals surface area contributed by atoms with E-state index in [4.69, 9.17) is 9.47 Å². The van der Waals surface area contributed by atoms with Crippen LogP contribution < -0.4 is 10.1 Å². The van der Waals surface area contributed by atoms with E-state index >= 15 is 0 Å². The van der Waals surface area contributed by atoms with Crippen LogP contribution in [0.2, 0.25) is 0 Å². The number of methoxy groups -OCH3 is 2. The molecule has 1 amide bonds. The molecule has 0 unspecified atom stereocenters. The van der Waals surface area contributed by atoms with Crippen molar-refractivity contribution in [3.8, 4) is 5.75 Å². The third-order valence-corrected chi connectivity index (χ3v) is 3.89. The van der Waals surface area contributed by atoms with Crippen molar-refractivity contribution in [2.75, 3.05) is 14.2 Å². The highest BCUT2D eigenvalue weighted by Crippen LogP contribution is 2.20. The Bertz CT molecular complexity index is 728. The molecule has 5 nitrogen and oxygen atoms in total. The summed E-state index contributed by atoms with van der Waals surface area (Å²) in [5, 5.41) is 2.77. The van der Waals surface area contributed by atoms with Crippen molar-refractivity contribution in [1.29, 1.82) is 0 Å². The van der Waals surface area contributed by atoms with Crippen molar-refractivity contribution in [2.45, 2.75) is 25.8 Å². The molecule has 0 fully saturated rings. The van der Waals surface area contributed by atoms with Gasteiger partial charge in [0.15, 0.2) is 0 Å². The van der Waals surface area contributed by atoms with Crippen LogP contribution in [0.1, 0.15) is 16.7 Å². The van der Waals surface area contributed by atoms with Gasteiger partial charge in [-0.1, -0.05) is 48.0 Å². The van der Waals surface area contributed by atoms with Crippen LogP contribution in [0.5, 0.6) is 5.75 Å². The van der Waals surface area contributed by atoms with E-state index in [-0.39, 0.29) is 12.3 Å². The number of hydrogen-bond donors (Lipinski definition) is 1. The van der Waals surface area contributed by atoms with E-state index in [0.717, 1.165) is 16.7 Å². The number of nitrogens with one attached hydrogen (secondary N) is 1. The lowest BCUT2D eigenvalue weighted by Crippen LogP contribution is -2.43. The standard InChI is InChI=1S/C20H23NO4/c1-14-9-10-18(24-2)16(11-14)13-19(22)21-17(20(23)25-3)12-15-7-5-4-6-8-15/h4-11,17H,12-13H2,1-3H3,(H,21,22)/t17-/m0/s1. The maximum absolute atomic E-state index is 12.4. The summed E-state index contributed by atoms with van der Waals surface area (Å²) >= 11 is 0. The van der Waals surface area contributed by atoms with Crippen LogP contribution in [0.4, 0.5) is 0 Å². The molecule has 0 aliphatic heterocycles. The maximum Gasteiger partial charge on any atom is 0.328 e. The quantitative estimate of drug-likeness (QED) is 0.786. The van der Waals surface area contributed by atoms with Crippen molar-refractivity contribution >= 4 is 11.9 Å². The molecule has 5 heteroatoms. The molecule has 0 saturated heterocycles. The Kier molecular flexibility index (Phi) is 6.57. The lowest BCUT2D eigenvalue weighted by atomic mass is 10.0. The highest BCUT2D eigenvalue weighted by molar-refractivity contribution is 5.86. The third kappa shape index (κ3) is 5.35. The Labute approximate surface area is 148 Å². The minimum atomic E-state index is -0.726. The molecule has 25 heavy (non-hydrogen) atoms. The van der Waals surface area contributed by atoms with E-state index in [1.54, 1.807) is 7.11 Å². The van der Waals surface area contributed by atoms with E-state index < -0.39 is 12.0 Å². The summed E-state index contributed by atoms with van der Waals surface area (Å²) < 4.78 is 10.1. The number of hydrogen-bond acceptors (Lipinski definition) is 4. The molecule has 0 aliphatic carbocycles. The average molecular weight is 341 g/mol. The Balaban J connectivity index is 2.09. The van der Waals surface area contributed by atoms with Crippen LogP contribution in [0.15, 0.2) is 48.5 Å². The normalized spacial score (nSPS) is 11.5. The molecule has 0 bridgehead atoms. The van der Waals surface area contributed by atoms with Gasteiger partial charge in [0.1, 0.15) is 11.8 Å². The lowest BCUT2D eigenvalue weighted by molar-refractivity contribution is -0.145. The number of ether oxygens (including phenoxy) is 2. The second-order valence-electron chi connectivity index (χ2n) is 5.83. The minimum Gasteiger partial charge on any atom is -0.496 e. The second kappa shape index (κ2) is 8.87. The Morgan fingerprint density at radius 2 is 1.80 bits per heavy atom. The van der Waals surface area contributed by atoms with Gasteiger partial charge in [0.05, 0.1) is 20.6 Å². The first-order chi connectivity index (χ1) is 12.0. The van der Waals surface area contributed by atoms with Crippen LogP contribution in [0.25, 0.3) is 0 Å². The van der Waals surface area contributed by atoms with Gasteiger partial charge in [-0.25, -0.2) is 4.79 Å². The van der Waals surface area contributed by atoms with Gasteiger partial charge in [-0.2, -0.15) is 0 Å². The molecule has 2 aromatic carbocycles. The van der Waals surface area contributed by atoms with Gasteiger partial charge in [0, 0.05) is 12.0 Å². The van der Waals surface area contributed by atoms with Gasteiger partial charge in [0.25, 0.3) is 0 Å². The van der Waals surface area contributed by atoms with Crippen molar-refractivity contribution in [3.63, 3.8) is 0 Å². The maximum atomic E-state index is 12.4. The summed E-state index contributed by atoms with van der Waals surface area (Å²) in [5.41, 5.74) is 2.77. The monoisotopic (exact) mass is 341 g/mol. The van der Waals surface area contributed by atoms with Gasteiger partial charge in [-0.05, 0) is 18.6 Å². The number of amides is 1. The molecule has 2 aromatic rings. The number of rotatable bonds is 7. The van der Waals surface area contributed by atoms with Crippen LogP contribution in [0, 0.1) is 6.92 Å². The zero-order valence-corrected chi connectivity index (χ0v) is 14.7. The van der Waals surface area contributed by atoms with Crippen LogP contribution in [-0.2, 0) is 27.2 Å². The number of carbonyl (C=O) groups excluding carboxylic acids is 2. The van der Waals surface area contributed by atoms with Gasteiger partial charge in [-0.15, -0.1) is 0 Å². The minimum absolute atomic E-state index is 0.132. The first-order valence-corrected chi connectivity index (χ1v) is 8.08. The van der Waals surface area contributed by atoms with Crippen LogP contribution in [0.3, 0.4) is 0 Å². The third-order valence-electron chi connectivity index (χ3n) is 3.89. The fourth-order valence-electron chi connectivity index (χ4n) is 2.65. The van der Waals surface area contributed by atoms with E-state index in [9.17, 15) is 9.59 Å². The molecule has 2 rings (SSSR count). The van der Waals surface area contributed by atoms with E-state index in [1.807, 2.05) is 55.5 Å². The summed E-state index contributed by atoms with van der Waals surface area (Å²) in [6, 6.07) is 14.4. The molecular formula is C20H23NO4. The smallest absolute Gasteiger partial charge is 0.328 e. The molecule has 1 atom stereocenters.